The van der Waals surface area contributed by atoms with Crippen LogP contribution in [0.5, 0.6) is 0 Å². The van der Waals surface area contributed by atoms with Crippen molar-refractivity contribution in [2.45, 2.75) is 25.8 Å². The second-order valence-corrected chi connectivity index (χ2v) is 4.58. The summed E-state index contributed by atoms with van der Waals surface area (Å²) in [5.74, 6) is -2.94. The van der Waals surface area contributed by atoms with E-state index >= 15 is 0 Å². The van der Waals surface area contributed by atoms with Crippen molar-refractivity contribution in [1.29, 1.82) is 0 Å². The summed E-state index contributed by atoms with van der Waals surface area (Å²) in [6.45, 7) is 1.92. The molecule has 6 nitrogen and oxygen atoms in total. The number of hydrogen-bond acceptors (Lipinski definition) is 3. The average molecular weight is 291 g/mol. The first-order chi connectivity index (χ1) is 9.88. The summed E-state index contributed by atoms with van der Waals surface area (Å²) in [5, 5.41) is 19.7. The number of aliphatic carboxylic acids is 2. The minimum absolute atomic E-state index is 0.158. The maximum atomic E-state index is 11.7. The lowest BCUT2D eigenvalue weighted by molar-refractivity contribution is -0.142. The van der Waals surface area contributed by atoms with E-state index in [2.05, 4.69) is 5.32 Å². The first-order valence-electron chi connectivity index (χ1n) is 6.38. The van der Waals surface area contributed by atoms with Gasteiger partial charge in [0.15, 0.2) is 0 Å². The third kappa shape index (κ3) is 6.38. The Morgan fingerprint density at radius 1 is 1.29 bits per heavy atom. The number of rotatable bonds is 7. The number of nitrogens with one attached hydrogen (secondary N) is 1. The SMILES string of the molecule is Cc1cccc(/C=C/C(=O)NC(CCC(=O)O)C(=O)O)c1. The number of carbonyl (C=O) groups is 3. The van der Waals surface area contributed by atoms with Gasteiger partial charge in [-0.15, -0.1) is 0 Å². The van der Waals surface area contributed by atoms with Crippen LogP contribution >= 0.6 is 0 Å². The van der Waals surface area contributed by atoms with Crippen molar-refractivity contribution in [3.63, 3.8) is 0 Å². The van der Waals surface area contributed by atoms with Gasteiger partial charge in [0, 0.05) is 12.5 Å². The Morgan fingerprint density at radius 3 is 2.57 bits per heavy atom. The smallest absolute Gasteiger partial charge is 0.326 e. The molecule has 0 aliphatic carbocycles. The molecule has 3 N–H and O–H groups in total. The number of aryl methyl sites for hydroxylation is 1. The van der Waals surface area contributed by atoms with Gasteiger partial charge < -0.3 is 15.5 Å². The van der Waals surface area contributed by atoms with Gasteiger partial charge in [0.1, 0.15) is 6.04 Å². The number of carboxylic acid groups (broad SMARTS) is 2. The number of carbonyl (C=O) groups excluding carboxylic acids is 1. The molecule has 1 rings (SSSR count). The number of amides is 1. The maximum absolute atomic E-state index is 11.7. The molecule has 1 atom stereocenters. The van der Waals surface area contributed by atoms with Crippen molar-refractivity contribution in [2.24, 2.45) is 0 Å². The second-order valence-electron chi connectivity index (χ2n) is 4.58. The molecule has 1 aromatic carbocycles. The highest BCUT2D eigenvalue weighted by atomic mass is 16.4. The van der Waals surface area contributed by atoms with E-state index in [0.717, 1.165) is 11.1 Å². The van der Waals surface area contributed by atoms with Gasteiger partial charge in [0.05, 0.1) is 0 Å². The lowest BCUT2D eigenvalue weighted by Crippen LogP contribution is -2.40. The largest absolute Gasteiger partial charge is 0.481 e. The molecule has 0 bridgehead atoms. The molecular formula is C15H17NO5. The molecule has 0 radical (unpaired) electrons. The van der Waals surface area contributed by atoms with Crippen molar-refractivity contribution >= 4 is 23.9 Å². The summed E-state index contributed by atoms with van der Waals surface area (Å²) in [5.41, 5.74) is 1.87. The number of carboxylic acids is 2. The summed E-state index contributed by atoms with van der Waals surface area (Å²) in [6.07, 6.45) is 2.32. The van der Waals surface area contributed by atoms with E-state index in [1.54, 1.807) is 6.08 Å². The molecule has 21 heavy (non-hydrogen) atoms. The minimum atomic E-state index is -1.26. The molecule has 0 heterocycles. The fourth-order valence-electron chi connectivity index (χ4n) is 1.69. The fraction of sp³-hybridized carbons (Fsp3) is 0.267. The molecule has 1 unspecified atom stereocenters. The van der Waals surface area contributed by atoms with Gasteiger partial charge in [-0.25, -0.2) is 4.79 Å². The average Bonchev–Trinajstić information content (AvgIpc) is 2.40. The Morgan fingerprint density at radius 2 is 2.00 bits per heavy atom. The van der Waals surface area contributed by atoms with E-state index in [0.29, 0.717) is 0 Å². The molecule has 112 valence electrons. The standard InChI is InChI=1S/C15H17NO5/c1-10-3-2-4-11(9-10)5-7-13(17)16-12(15(20)21)6-8-14(18)19/h2-5,7,9,12H,6,8H2,1H3,(H,16,17)(H,18,19)(H,20,21)/b7-5+. The van der Waals surface area contributed by atoms with Crippen molar-refractivity contribution < 1.29 is 24.6 Å². The summed E-state index contributed by atoms with van der Waals surface area (Å²) in [6, 6.07) is 6.25. The number of benzene rings is 1. The Balaban J connectivity index is 2.61. The minimum Gasteiger partial charge on any atom is -0.481 e. The van der Waals surface area contributed by atoms with E-state index in [1.807, 2.05) is 31.2 Å². The fourth-order valence-corrected chi connectivity index (χ4v) is 1.69. The van der Waals surface area contributed by atoms with Crippen LogP contribution in [0.25, 0.3) is 6.08 Å². The van der Waals surface area contributed by atoms with Crippen LogP contribution in [0.3, 0.4) is 0 Å². The van der Waals surface area contributed by atoms with E-state index in [9.17, 15) is 14.4 Å². The van der Waals surface area contributed by atoms with Crippen LogP contribution in [0, 0.1) is 6.92 Å². The Hall–Kier alpha value is -2.63. The maximum Gasteiger partial charge on any atom is 0.326 e. The highest BCUT2D eigenvalue weighted by Gasteiger charge is 2.19. The zero-order chi connectivity index (χ0) is 15.8. The van der Waals surface area contributed by atoms with Crippen molar-refractivity contribution in [1.82, 2.24) is 5.32 Å². The highest BCUT2D eigenvalue weighted by Crippen LogP contribution is 2.06. The monoisotopic (exact) mass is 291 g/mol. The molecule has 0 saturated carbocycles. The topological polar surface area (TPSA) is 104 Å². The van der Waals surface area contributed by atoms with Crippen molar-refractivity contribution in [3.8, 4) is 0 Å². The van der Waals surface area contributed by atoms with Gasteiger partial charge in [-0.1, -0.05) is 29.8 Å². The summed E-state index contributed by atoms with van der Waals surface area (Å²) < 4.78 is 0. The number of hydrogen-bond donors (Lipinski definition) is 3. The van der Waals surface area contributed by atoms with Gasteiger partial charge in [-0.3, -0.25) is 9.59 Å². The summed E-state index contributed by atoms with van der Waals surface area (Å²) in [4.78, 5) is 33.0. The van der Waals surface area contributed by atoms with E-state index in [4.69, 9.17) is 10.2 Å². The molecule has 1 amide bonds. The van der Waals surface area contributed by atoms with E-state index in [-0.39, 0.29) is 12.8 Å². The van der Waals surface area contributed by atoms with Gasteiger partial charge >= 0.3 is 11.9 Å². The van der Waals surface area contributed by atoms with Crippen LogP contribution in [0.1, 0.15) is 24.0 Å². The normalized spacial score (nSPS) is 12.0. The van der Waals surface area contributed by atoms with Gasteiger partial charge in [-0.2, -0.15) is 0 Å². The van der Waals surface area contributed by atoms with Crippen molar-refractivity contribution in [2.75, 3.05) is 0 Å². The predicted octanol–water partition coefficient (Wildman–Crippen LogP) is 1.44. The first kappa shape index (κ1) is 16.4. The van der Waals surface area contributed by atoms with Crippen LogP contribution in [0.4, 0.5) is 0 Å². The van der Waals surface area contributed by atoms with E-state index in [1.165, 1.54) is 6.08 Å². The van der Waals surface area contributed by atoms with Gasteiger partial charge in [-0.05, 0) is 25.0 Å². The predicted molar refractivity (Wildman–Crippen MR) is 76.6 cm³/mol. The molecule has 0 saturated heterocycles. The first-order valence-corrected chi connectivity index (χ1v) is 6.38. The van der Waals surface area contributed by atoms with Crippen LogP contribution in [0.15, 0.2) is 30.3 Å². The summed E-state index contributed by atoms with van der Waals surface area (Å²) >= 11 is 0. The van der Waals surface area contributed by atoms with Crippen LogP contribution in [0.2, 0.25) is 0 Å². The van der Waals surface area contributed by atoms with E-state index < -0.39 is 23.9 Å². The Labute approximate surface area is 122 Å². The van der Waals surface area contributed by atoms with Crippen LogP contribution in [-0.2, 0) is 14.4 Å². The molecular weight excluding hydrogens is 274 g/mol. The zero-order valence-corrected chi connectivity index (χ0v) is 11.6. The summed E-state index contributed by atoms with van der Waals surface area (Å²) in [7, 11) is 0. The third-order valence-electron chi connectivity index (χ3n) is 2.73. The zero-order valence-electron chi connectivity index (χ0n) is 11.6. The molecule has 0 aromatic heterocycles. The Bertz CT molecular complexity index is 565. The quantitative estimate of drug-likeness (QED) is 0.659. The van der Waals surface area contributed by atoms with Crippen LogP contribution < -0.4 is 5.32 Å². The molecule has 1 aromatic rings. The molecule has 0 aliphatic heterocycles. The van der Waals surface area contributed by atoms with Crippen molar-refractivity contribution in [3.05, 3.63) is 41.5 Å². The highest BCUT2D eigenvalue weighted by molar-refractivity contribution is 5.94. The molecule has 0 spiro atoms. The lowest BCUT2D eigenvalue weighted by Gasteiger charge is -2.11. The molecule has 0 fully saturated rings. The lowest BCUT2D eigenvalue weighted by atomic mass is 10.1. The van der Waals surface area contributed by atoms with Crippen LogP contribution in [-0.4, -0.2) is 34.1 Å². The molecule has 0 aliphatic rings. The third-order valence-corrected chi connectivity index (χ3v) is 2.73. The second kappa shape index (κ2) is 7.84. The molecule has 6 heteroatoms. The van der Waals surface area contributed by atoms with Gasteiger partial charge in [0.2, 0.25) is 5.91 Å². The Kier molecular flexibility index (Phi) is 6.13. The van der Waals surface area contributed by atoms with Gasteiger partial charge in [0.25, 0.3) is 0 Å².